The summed E-state index contributed by atoms with van der Waals surface area (Å²) >= 11 is 0. The zero-order valence-corrected chi connectivity index (χ0v) is 27.0. The van der Waals surface area contributed by atoms with Crippen molar-refractivity contribution in [1.82, 2.24) is 0 Å². The fourth-order valence-corrected chi connectivity index (χ4v) is 1.25. The van der Waals surface area contributed by atoms with Crippen LogP contribution < -0.4 is 0 Å². The number of rotatable bonds is 0. The zero-order valence-electron chi connectivity index (χ0n) is 9.93. The van der Waals surface area contributed by atoms with Crippen LogP contribution in [-0.4, -0.2) is 0 Å². The van der Waals surface area contributed by atoms with Crippen molar-refractivity contribution in [2.45, 2.75) is 6.92 Å². The second kappa shape index (κ2) is 19.4. The van der Waals surface area contributed by atoms with Crippen LogP contribution in [0.3, 0.4) is 0 Å². The molecule has 0 amide bonds. The van der Waals surface area contributed by atoms with Crippen LogP contribution in [0.5, 0.6) is 0 Å². The monoisotopic (exact) mass is 675 g/mol. The molecule has 2 aromatic carbocycles. The van der Waals surface area contributed by atoms with Gasteiger partial charge in [-0.05, 0) is 6.92 Å². The Morgan fingerprint density at radius 1 is 0.765 bits per heavy atom. The summed E-state index contributed by atoms with van der Waals surface area (Å²) in [6, 6.07) is 15.5. The molecule has 0 N–H and O–H groups in total. The Labute approximate surface area is 255 Å². The Bertz CT molecular complexity index is 390. The second-order valence-electron chi connectivity index (χ2n) is 2.78. The van der Waals surface area contributed by atoms with E-state index < -0.39 is 0 Å². The minimum absolute atomic E-state index is 0. The molecule has 6 heteroatoms. The maximum Gasteiger partial charge on any atom is 0 e. The van der Waals surface area contributed by atoms with Crippen LogP contribution in [0.25, 0.3) is 10.8 Å². The quantitative estimate of drug-likeness (QED) is 0.378. The number of fused-ring (bicyclic) bond motifs is 1. The van der Waals surface area contributed by atoms with E-state index in [4.69, 9.17) is 0 Å². The van der Waals surface area contributed by atoms with Gasteiger partial charge in [0, 0.05) is 196 Å². The molecule has 0 saturated carbocycles. The van der Waals surface area contributed by atoms with Crippen LogP contribution in [-0.2, 0) is 196 Å². The number of aryl methyl sites for hydroxylation is 1. The third-order valence-corrected chi connectivity index (χ3v) is 1.84. The van der Waals surface area contributed by atoms with Crippen LogP contribution in [0.1, 0.15) is 5.56 Å². The molecule has 0 bridgehead atoms. The molecule has 0 aliphatic carbocycles. The third-order valence-electron chi connectivity index (χ3n) is 1.84. The van der Waals surface area contributed by atoms with Crippen LogP contribution in [0.4, 0.5) is 0 Å². The smallest absolute Gasteiger partial charge is 0 e. The molecule has 0 atom stereocenters. The summed E-state index contributed by atoms with van der Waals surface area (Å²) in [6.07, 6.45) is 0. The van der Waals surface area contributed by atoms with Crippen molar-refractivity contribution in [3.8, 4) is 0 Å². The summed E-state index contributed by atoms with van der Waals surface area (Å²) < 4.78 is 0. The molecule has 0 saturated heterocycles. The molecule has 0 heterocycles. The van der Waals surface area contributed by atoms with Crippen LogP contribution in [0.2, 0.25) is 0 Å². The average Bonchev–Trinajstić information content (AvgIpc) is 2.04. The van der Waals surface area contributed by atoms with Crippen molar-refractivity contribution >= 4 is 10.8 Å². The van der Waals surface area contributed by atoms with E-state index in [9.17, 15) is 0 Å². The largest absolute Gasteiger partial charge is 0.183 e. The predicted octanol–water partition coefficient (Wildman–Crippen LogP) is 2.93. The van der Waals surface area contributed by atoms with Crippen molar-refractivity contribution in [1.29, 1.82) is 0 Å². The molecule has 6 radical (unpaired) electrons. The minimum atomic E-state index is 0. The van der Waals surface area contributed by atoms with E-state index >= 15 is 0 Å². The summed E-state index contributed by atoms with van der Waals surface area (Å²) in [4.78, 5) is 0. The summed E-state index contributed by atoms with van der Waals surface area (Å²) in [5.41, 5.74) is 1.31. The Morgan fingerprint density at radius 3 is 1.94 bits per heavy atom. The Hall–Kier alpha value is 5.32. The molecular formula is C11H9Y6-. The van der Waals surface area contributed by atoms with Gasteiger partial charge < -0.3 is 0 Å². The fraction of sp³-hybridized carbons (Fsp3) is 0.0909. The van der Waals surface area contributed by atoms with E-state index in [1.165, 1.54) is 16.3 Å². The Kier molecular flexibility index (Phi) is 38.5. The maximum atomic E-state index is 3.05. The molecule has 0 fully saturated rings. The topological polar surface area (TPSA) is 0 Å². The van der Waals surface area contributed by atoms with E-state index in [1.54, 1.807) is 0 Å². The molecule has 0 aliphatic heterocycles. The summed E-state index contributed by atoms with van der Waals surface area (Å²) in [5.74, 6) is 0. The third kappa shape index (κ3) is 12.4. The molecular weight excluding hydrogens is 666 g/mol. The minimum Gasteiger partial charge on any atom is -0.183 e. The first-order valence-electron chi connectivity index (χ1n) is 3.73. The maximum absolute atomic E-state index is 3.05. The van der Waals surface area contributed by atoms with Gasteiger partial charge in [-0.25, -0.2) is 0 Å². The van der Waals surface area contributed by atoms with Gasteiger partial charge in [0.25, 0.3) is 0 Å². The standard InChI is InChI=1S/C11H9.6Y/c1-9-6-7-10-4-2-3-5-11(10)8-9;;;;;;/h3-8H,1H3;;;;;;/q-1;;;;;;. The number of hydrogen-bond donors (Lipinski definition) is 0. The van der Waals surface area contributed by atoms with Gasteiger partial charge in [0.2, 0.25) is 0 Å². The van der Waals surface area contributed by atoms with Gasteiger partial charge in [0.05, 0.1) is 0 Å². The van der Waals surface area contributed by atoms with Gasteiger partial charge in [-0.3, -0.25) is 0 Å². The molecule has 2 rings (SSSR count). The van der Waals surface area contributed by atoms with Gasteiger partial charge in [-0.2, -0.15) is 24.3 Å². The molecule has 0 spiro atoms. The second-order valence-corrected chi connectivity index (χ2v) is 2.78. The van der Waals surface area contributed by atoms with E-state index in [2.05, 4.69) is 37.3 Å². The summed E-state index contributed by atoms with van der Waals surface area (Å²) in [6.45, 7) is 2.11. The van der Waals surface area contributed by atoms with Gasteiger partial charge >= 0.3 is 0 Å². The molecule has 0 aromatic heterocycles. The van der Waals surface area contributed by atoms with Gasteiger partial charge in [0.1, 0.15) is 0 Å². The average molecular weight is 675 g/mol. The summed E-state index contributed by atoms with van der Waals surface area (Å²) in [5, 5.41) is 2.56. The van der Waals surface area contributed by atoms with Crippen LogP contribution in [0.15, 0.2) is 36.4 Å². The van der Waals surface area contributed by atoms with Crippen molar-refractivity contribution in [3.63, 3.8) is 0 Å². The van der Waals surface area contributed by atoms with Crippen LogP contribution >= 0.6 is 0 Å². The van der Waals surface area contributed by atoms with Gasteiger partial charge in [-0.15, -0.1) is 16.8 Å². The first kappa shape index (κ1) is 33.8. The van der Waals surface area contributed by atoms with E-state index in [0.717, 1.165) is 0 Å². The van der Waals surface area contributed by atoms with Crippen LogP contribution in [0, 0.1) is 13.0 Å². The SMILES string of the molecule is Cc1ccc2c[c-]ccc2c1.[Y].[Y].[Y].[Y].[Y].[Y]. The van der Waals surface area contributed by atoms with E-state index in [-0.39, 0.29) is 196 Å². The number of benzene rings is 2. The first-order chi connectivity index (χ1) is 5.36. The Morgan fingerprint density at radius 2 is 1.35 bits per heavy atom. The van der Waals surface area contributed by atoms with Crippen molar-refractivity contribution in [3.05, 3.63) is 48.0 Å². The molecule has 0 nitrogen and oxygen atoms in total. The molecule has 0 unspecified atom stereocenters. The molecule has 17 heavy (non-hydrogen) atoms. The van der Waals surface area contributed by atoms with Gasteiger partial charge in [0.15, 0.2) is 0 Å². The van der Waals surface area contributed by atoms with E-state index in [1.807, 2.05) is 12.1 Å². The normalized spacial score (nSPS) is 6.65. The van der Waals surface area contributed by atoms with Crippen molar-refractivity contribution in [2.24, 2.45) is 0 Å². The zero-order chi connectivity index (χ0) is 7.68. The van der Waals surface area contributed by atoms with Crippen molar-refractivity contribution in [2.75, 3.05) is 0 Å². The fourth-order valence-electron chi connectivity index (χ4n) is 1.25. The Balaban J connectivity index is -0.0000000800. The first-order valence-corrected chi connectivity index (χ1v) is 3.73. The molecule has 72 valence electrons. The predicted molar refractivity (Wildman–Crippen MR) is 47.5 cm³/mol. The summed E-state index contributed by atoms with van der Waals surface area (Å²) in [7, 11) is 0. The van der Waals surface area contributed by atoms with Crippen molar-refractivity contribution < 1.29 is 196 Å². The molecule has 0 aliphatic rings. The van der Waals surface area contributed by atoms with Gasteiger partial charge in [-0.1, -0.05) is 17.7 Å². The molecule has 2 aromatic rings. The number of hydrogen-bond acceptors (Lipinski definition) is 0. The van der Waals surface area contributed by atoms with E-state index in [0.29, 0.717) is 0 Å².